The van der Waals surface area contributed by atoms with Crippen LogP contribution >= 0.6 is 11.6 Å². The molecule has 0 aliphatic rings. The summed E-state index contributed by atoms with van der Waals surface area (Å²) in [5, 5.41) is 1.82. The number of ether oxygens (including phenoxy) is 1. The van der Waals surface area contributed by atoms with Crippen LogP contribution in [0, 0.1) is 0 Å². The van der Waals surface area contributed by atoms with E-state index in [1.807, 2.05) is 0 Å². The lowest BCUT2D eigenvalue weighted by atomic mass is 10.1. The van der Waals surface area contributed by atoms with Gasteiger partial charge in [0.25, 0.3) is 10.0 Å². The molecule has 3 rings (SSSR count). The van der Waals surface area contributed by atoms with Crippen LogP contribution in [0.25, 0.3) is 0 Å². The number of anilines is 1. The molecule has 3 aromatic carbocycles. The fourth-order valence-electron chi connectivity index (χ4n) is 3.89. The second-order valence-corrected chi connectivity index (χ2v) is 10.9. The number of hydrogen-bond donors (Lipinski definition) is 1. The van der Waals surface area contributed by atoms with Crippen LogP contribution in [0.15, 0.2) is 77.7 Å². The SMILES string of the molecule is CNC(=O)[C@@H](C)N(Cc1cccc(OC)c1)C(=O)CN(c1ccc(Cl)c(C(F)(F)F)c1)S(=O)(=O)c1ccccc1. The van der Waals surface area contributed by atoms with Crippen molar-refractivity contribution in [1.82, 2.24) is 10.2 Å². The van der Waals surface area contributed by atoms with Crippen LogP contribution in [0.5, 0.6) is 5.75 Å². The van der Waals surface area contributed by atoms with Crippen LogP contribution in [-0.4, -0.2) is 51.9 Å². The van der Waals surface area contributed by atoms with E-state index >= 15 is 0 Å². The Balaban J connectivity index is 2.11. The zero-order valence-electron chi connectivity index (χ0n) is 21.8. The van der Waals surface area contributed by atoms with Crippen molar-refractivity contribution in [3.8, 4) is 5.75 Å². The number of likely N-dealkylation sites (N-methyl/N-ethyl adjacent to an activating group) is 1. The van der Waals surface area contributed by atoms with Crippen LogP contribution in [0.1, 0.15) is 18.1 Å². The largest absolute Gasteiger partial charge is 0.497 e. The number of nitrogens with zero attached hydrogens (tertiary/aromatic N) is 2. The number of carbonyl (C=O) groups excluding carboxylic acids is 2. The smallest absolute Gasteiger partial charge is 0.417 e. The lowest BCUT2D eigenvalue weighted by Gasteiger charge is -2.32. The quantitative estimate of drug-likeness (QED) is 0.365. The van der Waals surface area contributed by atoms with Crippen molar-refractivity contribution in [2.75, 3.05) is 25.0 Å². The molecule has 0 aromatic heterocycles. The zero-order valence-corrected chi connectivity index (χ0v) is 23.3. The summed E-state index contributed by atoms with van der Waals surface area (Å²) in [5.74, 6) is -0.867. The topological polar surface area (TPSA) is 96.0 Å². The molecule has 0 bridgehead atoms. The minimum absolute atomic E-state index is 0.113. The number of amides is 2. The summed E-state index contributed by atoms with van der Waals surface area (Å²) in [4.78, 5) is 27.2. The highest BCUT2D eigenvalue weighted by atomic mass is 35.5. The maximum Gasteiger partial charge on any atom is 0.417 e. The van der Waals surface area contributed by atoms with Crippen molar-refractivity contribution in [1.29, 1.82) is 0 Å². The van der Waals surface area contributed by atoms with Crippen molar-refractivity contribution in [3.05, 3.63) is 88.9 Å². The first-order valence-corrected chi connectivity index (χ1v) is 13.7. The molecule has 0 radical (unpaired) electrons. The summed E-state index contributed by atoms with van der Waals surface area (Å²) in [6, 6.07) is 15.2. The maximum absolute atomic E-state index is 13.7. The first kappa shape index (κ1) is 30.8. The summed E-state index contributed by atoms with van der Waals surface area (Å²) < 4.78 is 74.1. The number of benzene rings is 3. The van der Waals surface area contributed by atoms with E-state index in [-0.39, 0.29) is 11.4 Å². The zero-order chi connectivity index (χ0) is 29.7. The van der Waals surface area contributed by atoms with Gasteiger partial charge in [0, 0.05) is 13.6 Å². The molecule has 0 heterocycles. The highest BCUT2D eigenvalue weighted by Crippen LogP contribution is 2.38. The van der Waals surface area contributed by atoms with E-state index in [1.54, 1.807) is 30.3 Å². The third-order valence-electron chi connectivity index (χ3n) is 6.05. The Hall–Kier alpha value is -3.77. The number of hydrogen-bond acceptors (Lipinski definition) is 5. The van der Waals surface area contributed by atoms with Gasteiger partial charge in [0.15, 0.2) is 0 Å². The minimum atomic E-state index is -4.88. The Kier molecular flexibility index (Phi) is 9.69. The Morgan fingerprint density at radius 3 is 2.30 bits per heavy atom. The van der Waals surface area contributed by atoms with Gasteiger partial charge in [-0.3, -0.25) is 13.9 Å². The fraction of sp³-hybridized carbons (Fsp3) is 0.259. The van der Waals surface area contributed by atoms with Crippen LogP contribution in [-0.2, 0) is 32.3 Å². The normalized spacial score (nSPS) is 12.4. The molecule has 8 nitrogen and oxygen atoms in total. The molecule has 1 N–H and O–H groups in total. The number of alkyl halides is 3. The van der Waals surface area contributed by atoms with Crippen molar-refractivity contribution in [2.24, 2.45) is 0 Å². The molecule has 2 amide bonds. The number of methoxy groups -OCH3 is 1. The lowest BCUT2D eigenvalue weighted by molar-refractivity contribution is -0.139. The molecule has 0 spiro atoms. The van der Waals surface area contributed by atoms with E-state index in [0.717, 1.165) is 17.0 Å². The van der Waals surface area contributed by atoms with Gasteiger partial charge in [-0.25, -0.2) is 8.42 Å². The maximum atomic E-state index is 13.7. The summed E-state index contributed by atoms with van der Waals surface area (Å²) >= 11 is 5.76. The van der Waals surface area contributed by atoms with Gasteiger partial charge in [0.05, 0.1) is 28.3 Å². The monoisotopic (exact) mass is 597 g/mol. The summed E-state index contributed by atoms with van der Waals surface area (Å²) in [6.07, 6.45) is -4.88. The van der Waals surface area contributed by atoms with Gasteiger partial charge in [-0.15, -0.1) is 0 Å². The predicted molar refractivity (Wildman–Crippen MR) is 145 cm³/mol. The molecule has 0 aliphatic carbocycles. The second kappa shape index (κ2) is 12.6. The third-order valence-corrected chi connectivity index (χ3v) is 8.17. The van der Waals surface area contributed by atoms with E-state index in [0.29, 0.717) is 21.7 Å². The first-order valence-electron chi connectivity index (χ1n) is 11.9. The molecule has 0 unspecified atom stereocenters. The van der Waals surface area contributed by atoms with E-state index in [9.17, 15) is 31.2 Å². The number of rotatable bonds is 10. The number of nitrogens with one attached hydrogen (secondary N) is 1. The molecule has 214 valence electrons. The molecule has 40 heavy (non-hydrogen) atoms. The molecule has 0 fully saturated rings. The summed E-state index contributed by atoms with van der Waals surface area (Å²) in [6.45, 7) is 0.441. The van der Waals surface area contributed by atoms with Crippen molar-refractivity contribution < 1.29 is 35.9 Å². The highest BCUT2D eigenvalue weighted by Gasteiger charge is 2.36. The van der Waals surface area contributed by atoms with Gasteiger partial charge >= 0.3 is 6.18 Å². The van der Waals surface area contributed by atoms with Crippen molar-refractivity contribution in [2.45, 2.75) is 30.6 Å². The molecule has 0 aliphatic heterocycles. The van der Waals surface area contributed by atoms with Gasteiger partial charge in [-0.1, -0.05) is 41.9 Å². The Morgan fingerprint density at radius 2 is 1.70 bits per heavy atom. The standard InChI is InChI=1S/C27H27ClF3N3O5S/c1-18(26(36)32-2)33(16-19-8-7-9-21(14-19)39-3)25(35)17-34(40(37,38)22-10-5-4-6-11-22)20-12-13-24(28)23(15-20)27(29,30)31/h4-15,18H,16-17H2,1-3H3,(H,32,36)/t18-/m1/s1. The van der Waals surface area contributed by atoms with Crippen LogP contribution < -0.4 is 14.4 Å². The fourth-order valence-corrected chi connectivity index (χ4v) is 5.54. The van der Waals surface area contributed by atoms with Crippen LogP contribution in [0.3, 0.4) is 0 Å². The molecular weight excluding hydrogens is 571 g/mol. The molecule has 1 atom stereocenters. The van der Waals surface area contributed by atoms with Gasteiger partial charge in [-0.05, 0) is 55.0 Å². The van der Waals surface area contributed by atoms with E-state index in [1.165, 1.54) is 45.3 Å². The van der Waals surface area contributed by atoms with E-state index in [4.69, 9.17) is 16.3 Å². The summed E-state index contributed by atoms with van der Waals surface area (Å²) in [5.41, 5.74) is -1.12. The Labute approximate surface area is 235 Å². The number of sulfonamides is 1. The number of carbonyl (C=O) groups is 2. The second-order valence-electron chi connectivity index (χ2n) is 8.65. The summed E-state index contributed by atoms with van der Waals surface area (Å²) in [7, 11) is -1.70. The van der Waals surface area contributed by atoms with Gasteiger partial charge in [-0.2, -0.15) is 13.2 Å². The van der Waals surface area contributed by atoms with Gasteiger partial charge in [0.1, 0.15) is 18.3 Å². The predicted octanol–water partition coefficient (Wildman–Crippen LogP) is 4.73. The minimum Gasteiger partial charge on any atom is -0.497 e. The first-order chi connectivity index (χ1) is 18.8. The van der Waals surface area contributed by atoms with Crippen LogP contribution in [0.4, 0.5) is 18.9 Å². The highest BCUT2D eigenvalue weighted by molar-refractivity contribution is 7.92. The van der Waals surface area contributed by atoms with Crippen LogP contribution in [0.2, 0.25) is 5.02 Å². The van der Waals surface area contributed by atoms with E-state index in [2.05, 4.69) is 5.32 Å². The molecule has 0 saturated heterocycles. The average molecular weight is 598 g/mol. The van der Waals surface area contributed by atoms with E-state index < -0.39 is 56.9 Å². The van der Waals surface area contributed by atoms with Gasteiger partial charge in [0.2, 0.25) is 11.8 Å². The molecule has 0 saturated carbocycles. The Bertz CT molecular complexity index is 1470. The average Bonchev–Trinajstić information content (AvgIpc) is 2.94. The molecule has 13 heteroatoms. The number of halogens is 4. The molecule has 3 aromatic rings. The van der Waals surface area contributed by atoms with Crippen molar-refractivity contribution >= 4 is 39.1 Å². The Morgan fingerprint density at radius 1 is 1.02 bits per heavy atom. The lowest BCUT2D eigenvalue weighted by Crippen LogP contribution is -2.50. The van der Waals surface area contributed by atoms with Gasteiger partial charge < -0.3 is 15.0 Å². The van der Waals surface area contributed by atoms with Crippen molar-refractivity contribution in [3.63, 3.8) is 0 Å². The third kappa shape index (κ3) is 7.05. The molecular formula is C27H27ClF3N3O5S.